The van der Waals surface area contributed by atoms with Gasteiger partial charge in [0.05, 0.1) is 26.6 Å². The first-order valence-corrected chi connectivity index (χ1v) is 7.96. The van der Waals surface area contributed by atoms with Gasteiger partial charge in [-0.2, -0.15) is 0 Å². The average Bonchev–Trinajstić information content (AvgIpc) is 2.97. The first-order valence-electron chi connectivity index (χ1n) is 5.91. The number of aromatic amines is 1. The molecule has 1 N–H and O–H groups in total. The van der Waals surface area contributed by atoms with E-state index in [0.29, 0.717) is 14.8 Å². The number of aromatic nitrogens is 3. The van der Waals surface area contributed by atoms with E-state index >= 15 is 0 Å². The fourth-order valence-corrected chi connectivity index (χ4v) is 3.79. The van der Waals surface area contributed by atoms with Gasteiger partial charge >= 0.3 is 0 Å². The van der Waals surface area contributed by atoms with Gasteiger partial charge in [0.15, 0.2) is 4.77 Å². The van der Waals surface area contributed by atoms with Crippen LogP contribution >= 0.6 is 46.8 Å². The third kappa shape index (κ3) is 2.09. The molecule has 104 valence electrons. The highest BCUT2D eigenvalue weighted by atomic mass is 35.5. The minimum Gasteiger partial charge on any atom is -0.330 e. The monoisotopic (exact) mass is 343 g/mol. The van der Waals surface area contributed by atoms with Crippen molar-refractivity contribution in [2.45, 2.75) is 19.4 Å². The lowest BCUT2D eigenvalue weighted by molar-refractivity contribution is 0.441. The van der Waals surface area contributed by atoms with E-state index in [1.807, 2.05) is 16.0 Å². The molecular formula is C13H11Cl2N3S2. The molecule has 0 bridgehead atoms. The molecule has 0 saturated heterocycles. The lowest BCUT2D eigenvalue weighted by Crippen LogP contribution is -2.27. The van der Waals surface area contributed by atoms with Crippen LogP contribution in [0.2, 0.25) is 10.0 Å². The Bertz CT molecular complexity index is 831. The maximum atomic E-state index is 6.14. The Morgan fingerprint density at radius 3 is 2.65 bits per heavy atom. The molecular weight excluding hydrogens is 333 g/mol. The van der Waals surface area contributed by atoms with E-state index in [1.165, 1.54) is 0 Å². The summed E-state index contributed by atoms with van der Waals surface area (Å²) >= 11 is 19.3. The van der Waals surface area contributed by atoms with Gasteiger partial charge in [-0.1, -0.05) is 23.2 Å². The quantitative estimate of drug-likeness (QED) is 0.645. The van der Waals surface area contributed by atoms with Gasteiger partial charge in [0.1, 0.15) is 5.01 Å². The normalized spacial score (nSPS) is 12.2. The summed E-state index contributed by atoms with van der Waals surface area (Å²) in [5.41, 5.74) is 1.43. The van der Waals surface area contributed by atoms with Crippen molar-refractivity contribution in [1.82, 2.24) is 14.5 Å². The highest BCUT2D eigenvalue weighted by molar-refractivity contribution is 7.71. The molecule has 0 spiro atoms. The van der Waals surface area contributed by atoms with Crippen LogP contribution in [0.4, 0.5) is 0 Å². The third-order valence-corrected chi connectivity index (χ3v) is 5.33. The van der Waals surface area contributed by atoms with Crippen molar-refractivity contribution in [2.75, 3.05) is 0 Å². The number of halogens is 2. The molecule has 0 atom stereocenters. The fourth-order valence-electron chi connectivity index (χ4n) is 2.28. The second-order valence-corrected chi connectivity index (χ2v) is 7.04. The Morgan fingerprint density at radius 1 is 1.30 bits per heavy atom. The summed E-state index contributed by atoms with van der Waals surface area (Å²) in [4.78, 5) is 7.58. The Kier molecular flexibility index (Phi) is 3.41. The van der Waals surface area contributed by atoms with Crippen molar-refractivity contribution in [3.05, 3.63) is 43.5 Å². The van der Waals surface area contributed by atoms with Crippen LogP contribution in [0.5, 0.6) is 0 Å². The number of rotatable bonds is 2. The summed E-state index contributed by atoms with van der Waals surface area (Å²) in [6.07, 6.45) is 1.80. The van der Waals surface area contributed by atoms with Crippen LogP contribution in [0.15, 0.2) is 23.7 Å². The van der Waals surface area contributed by atoms with Gasteiger partial charge in [0, 0.05) is 11.6 Å². The summed E-state index contributed by atoms with van der Waals surface area (Å²) < 4.78 is 2.65. The van der Waals surface area contributed by atoms with Gasteiger partial charge in [0.25, 0.3) is 0 Å². The summed E-state index contributed by atoms with van der Waals surface area (Å²) in [5, 5.41) is 3.96. The topological polar surface area (TPSA) is 33.6 Å². The van der Waals surface area contributed by atoms with Gasteiger partial charge in [-0.05, 0) is 38.2 Å². The SMILES string of the molecule is CC(C)(c1nccs1)n1c(=S)[nH]c2cc(Cl)c(Cl)cc21. The van der Waals surface area contributed by atoms with Gasteiger partial charge in [-0.15, -0.1) is 11.3 Å². The minimum atomic E-state index is -0.360. The van der Waals surface area contributed by atoms with Gasteiger partial charge < -0.3 is 9.55 Å². The first kappa shape index (κ1) is 14.1. The second kappa shape index (κ2) is 4.84. The third-order valence-electron chi connectivity index (χ3n) is 3.24. The van der Waals surface area contributed by atoms with Crippen molar-refractivity contribution in [3.8, 4) is 0 Å². The molecule has 7 heteroatoms. The van der Waals surface area contributed by atoms with Crippen LogP contribution in [0.1, 0.15) is 18.9 Å². The van der Waals surface area contributed by atoms with Crippen LogP contribution in [0, 0.1) is 4.77 Å². The lowest BCUT2D eigenvalue weighted by Gasteiger charge is -2.25. The van der Waals surface area contributed by atoms with E-state index in [4.69, 9.17) is 35.4 Å². The van der Waals surface area contributed by atoms with Crippen LogP contribution in [-0.4, -0.2) is 14.5 Å². The molecule has 0 unspecified atom stereocenters. The van der Waals surface area contributed by atoms with Crippen LogP contribution < -0.4 is 0 Å². The highest BCUT2D eigenvalue weighted by Gasteiger charge is 2.28. The Balaban J connectivity index is 2.34. The number of thiazole rings is 1. The van der Waals surface area contributed by atoms with Crippen molar-refractivity contribution >= 4 is 57.8 Å². The second-order valence-electron chi connectivity index (χ2n) is 4.95. The van der Waals surface area contributed by atoms with Crippen LogP contribution in [-0.2, 0) is 5.54 Å². The lowest BCUT2D eigenvalue weighted by atomic mass is 10.1. The van der Waals surface area contributed by atoms with Gasteiger partial charge in [-0.25, -0.2) is 4.98 Å². The van der Waals surface area contributed by atoms with E-state index in [0.717, 1.165) is 16.0 Å². The number of benzene rings is 1. The number of nitrogens with one attached hydrogen (secondary N) is 1. The summed E-state index contributed by atoms with van der Waals surface area (Å²) in [6, 6.07) is 3.63. The van der Waals surface area contributed by atoms with E-state index in [9.17, 15) is 0 Å². The molecule has 0 saturated carbocycles. The van der Waals surface area contributed by atoms with E-state index < -0.39 is 0 Å². The van der Waals surface area contributed by atoms with Crippen LogP contribution in [0.25, 0.3) is 11.0 Å². The zero-order chi connectivity index (χ0) is 14.5. The fraction of sp³-hybridized carbons (Fsp3) is 0.231. The van der Waals surface area contributed by atoms with Gasteiger partial charge in [-0.3, -0.25) is 0 Å². The summed E-state index contributed by atoms with van der Waals surface area (Å²) in [6.45, 7) is 4.16. The molecule has 3 rings (SSSR count). The van der Waals surface area contributed by atoms with Crippen molar-refractivity contribution in [1.29, 1.82) is 0 Å². The molecule has 1 aromatic carbocycles. The summed E-state index contributed by atoms with van der Waals surface area (Å²) in [5.74, 6) is 0. The molecule has 0 aliphatic rings. The Labute approximate surface area is 135 Å². The number of imidazole rings is 1. The molecule has 2 aromatic heterocycles. The summed E-state index contributed by atoms with van der Waals surface area (Å²) in [7, 11) is 0. The Morgan fingerprint density at radius 2 is 2.00 bits per heavy atom. The number of H-pyrrole nitrogens is 1. The minimum absolute atomic E-state index is 0.360. The molecule has 3 nitrogen and oxygen atoms in total. The zero-order valence-electron chi connectivity index (χ0n) is 10.8. The van der Waals surface area contributed by atoms with Crippen molar-refractivity contribution in [3.63, 3.8) is 0 Å². The van der Waals surface area contributed by atoms with Gasteiger partial charge in [0.2, 0.25) is 0 Å². The zero-order valence-corrected chi connectivity index (χ0v) is 13.9. The highest BCUT2D eigenvalue weighted by Crippen LogP contribution is 2.34. The molecule has 2 heterocycles. The number of fused-ring (bicyclic) bond motifs is 1. The standard InChI is InChI=1S/C13H11Cl2N3S2/c1-13(2,11-16-3-4-20-11)18-10-6-8(15)7(14)5-9(10)17-12(18)19/h3-6H,1-2H3,(H,17,19). The predicted molar refractivity (Wildman–Crippen MR) is 87.7 cm³/mol. The smallest absolute Gasteiger partial charge is 0.178 e. The van der Waals surface area contributed by atoms with Crippen LogP contribution in [0.3, 0.4) is 0 Å². The van der Waals surface area contributed by atoms with E-state index in [-0.39, 0.29) is 5.54 Å². The number of hydrogen-bond donors (Lipinski definition) is 1. The molecule has 3 aromatic rings. The van der Waals surface area contributed by atoms with E-state index in [1.54, 1.807) is 23.6 Å². The molecule has 0 aliphatic carbocycles. The molecule has 0 amide bonds. The maximum Gasteiger partial charge on any atom is 0.178 e. The maximum absolute atomic E-state index is 6.14. The largest absolute Gasteiger partial charge is 0.330 e. The number of hydrogen-bond acceptors (Lipinski definition) is 3. The number of nitrogens with zero attached hydrogens (tertiary/aromatic N) is 2. The molecule has 0 aliphatic heterocycles. The first-order chi connectivity index (χ1) is 9.41. The molecule has 0 radical (unpaired) electrons. The van der Waals surface area contributed by atoms with E-state index in [2.05, 4.69) is 23.8 Å². The molecule has 0 fully saturated rings. The average molecular weight is 344 g/mol. The Hall–Kier alpha value is -0.880. The van der Waals surface area contributed by atoms with Crippen molar-refractivity contribution in [2.24, 2.45) is 0 Å². The molecule has 20 heavy (non-hydrogen) atoms. The van der Waals surface area contributed by atoms with Crippen molar-refractivity contribution < 1.29 is 0 Å². The predicted octanol–water partition coefficient (Wildman–Crippen LogP) is 5.25.